The molecule has 0 saturated carbocycles. The normalized spacial score (nSPS) is 27.9. The van der Waals surface area contributed by atoms with Gasteiger partial charge in [0.15, 0.2) is 12.5 Å². The lowest BCUT2D eigenvalue weighted by molar-refractivity contribution is -0.121. The smallest absolute Gasteiger partial charge is 0.165 e. The Hall–Kier alpha value is -1.19. The predicted octanol–water partition coefficient (Wildman–Crippen LogP) is 1.52. The van der Waals surface area contributed by atoms with Crippen LogP contribution in [0.2, 0.25) is 0 Å². The fraction of sp³-hybridized carbons (Fsp3) is 0.462. The summed E-state index contributed by atoms with van der Waals surface area (Å²) < 4.78 is 5.60. The fourth-order valence-electron chi connectivity index (χ4n) is 2.06. The predicted molar refractivity (Wildman–Crippen MR) is 62.1 cm³/mol. The molecule has 1 unspecified atom stereocenters. The first kappa shape index (κ1) is 11.3. The third-order valence-electron chi connectivity index (χ3n) is 3.04. The Bertz CT molecular complexity index is 361. The van der Waals surface area contributed by atoms with Crippen LogP contribution in [0.3, 0.4) is 0 Å². The zero-order chi connectivity index (χ0) is 11.6. The molecule has 1 aromatic carbocycles. The van der Waals surface area contributed by atoms with Gasteiger partial charge in [-0.2, -0.15) is 0 Å². The lowest BCUT2D eigenvalue weighted by atomic mass is 9.93. The molecule has 1 aliphatic rings. The van der Waals surface area contributed by atoms with Crippen molar-refractivity contribution in [3.05, 3.63) is 35.9 Å². The Kier molecular flexibility index (Phi) is 3.08. The number of aldehydes is 1. The molecule has 1 saturated heterocycles. The van der Waals surface area contributed by atoms with Crippen molar-refractivity contribution < 1.29 is 9.53 Å². The van der Waals surface area contributed by atoms with E-state index >= 15 is 0 Å². The van der Waals surface area contributed by atoms with Crippen LogP contribution in [-0.4, -0.2) is 24.2 Å². The zero-order valence-corrected chi connectivity index (χ0v) is 9.64. The van der Waals surface area contributed by atoms with Gasteiger partial charge in [-0.05, 0) is 25.8 Å². The summed E-state index contributed by atoms with van der Waals surface area (Å²) in [5.74, 6) is 0. The van der Waals surface area contributed by atoms with Gasteiger partial charge in [-0.3, -0.25) is 10.1 Å². The maximum Gasteiger partial charge on any atom is 0.165 e. The van der Waals surface area contributed by atoms with Crippen molar-refractivity contribution in [2.24, 2.45) is 0 Å². The van der Waals surface area contributed by atoms with Crippen molar-refractivity contribution in [2.75, 3.05) is 0 Å². The van der Waals surface area contributed by atoms with Crippen LogP contribution < -0.4 is 5.32 Å². The second-order valence-electron chi connectivity index (χ2n) is 4.69. The van der Waals surface area contributed by atoms with E-state index in [0.717, 1.165) is 12.7 Å². The summed E-state index contributed by atoms with van der Waals surface area (Å²) in [6.07, 6.45) is 1.22. The van der Waals surface area contributed by atoms with Gasteiger partial charge in [0, 0.05) is 6.04 Å². The number of hydrogen-bond donors (Lipinski definition) is 1. The molecular weight excluding hydrogens is 202 g/mol. The molecule has 0 amide bonds. The summed E-state index contributed by atoms with van der Waals surface area (Å²) in [4.78, 5) is 10.7. The SMILES string of the molecule is CC1(C)OC(C=O)N[C@@H]1Cc1ccccc1. The van der Waals surface area contributed by atoms with Gasteiger partial charge in [0.05, 0.1) is 5.60 Å². The minimum absolute atomic E-state index is 0.171. The van der Waals surface area contributed by atoms with Crippen molar-refractivity contribution in [3.63, 3.8) is 0 Å². The van der Waals surface area contributed by atoms with Gasteiger partial charge in [0.2, 0.25) is 0 Å². The Morgan fingerprint density at radius 3 is 2.62 bits per heavy atom. The summed E-state index contributed by atoms with van der Waals surface area (Å²) in [5, 5.41) is 3.19. The number of hydrogen-bond acceptors (Lipinski definition) is 3. The molecule has 3 nitrogen and oxygen atoms in total. The molecule has 1 N–H and O–H groups in total. The van der Waals surface area contributed by atoms with E-state index in [0.29, 0.717) is 0 Å². The third kappa shape index (κ3) is 2.31. The van der Waals surface area contributed by atoms with E-state index in [1.54, 1.807) is 0 Å². The summed E-state index contributed by atoms with van der Waals surface area (Å²) in [6, 6.07) is 10.4. The van der Waals surface area contributed by atoms with Crippen LogP contribution >= 0.6 is 0 Å². The second-order valence-corrected chi connectivity index (χ2v) is 4.69. The van der Waals surface area contributed by atoms with Crippen LogP contribution in [0.1, 0.15) is 19.4 Å². The van der Waals surface area contributed by atoms with Crippen molar-refractivity contribution in [3.8, 4) is 0 Å². The molecule has 3 heteroatoms. The van der Waals surface area contributed by atoms with Crippen LogP contribution in [0.15, 0.2) is 30.3 Å². The number of rotatable bonds is 3. The zero-order valence-electron chi connectivity index (χ0n) is 9.64. The monoisotopic (exact) mass is 219 g/mol. The number of carbonyl (C=O) groups excluding carboxylic acids is 1. The van der Waals surface area contributed by atoms with Crippen LogP contribution in [0.25, 0.3) is 0 Å². The fourth-order valence-corrected chi connectivity index (χ4v) is 2.06. The molecule has 86 valence electrons. The standard InChI is InChI=1S/C13H17NO2/c1-13(2)11(14-12(9-15)16-13)8-10-6-4-3-5-7-10/h3-7,9,11-12,14H,8H2,1-2H3/t11-,12?/m1/s1. The quantitative estimate of drug-likeness (QED) is 0.783. The summed E-state index contributed by atoms with van der Waals surface area (Å²) in [7, 11) is 0. The first-order valence-corrected chi connectivity index (χ1v) is 5.55. The second kappa shape index (κ2) is 4.36. The van der Waals surface area contributed by atoms with Crippen LogP contribution in [0.5, 0.6) is 0 Å². The Morgan fingerprint density at radius 2 is 2.06 bits per heavy atom. The van der Waals surface area contributed by atoms with Gasteiger partial charge in [-0.25, -0.2) is 0 Å². The van der Waals surface area contributed by atoms with E-state index in [4.69, 9.17) is 4.74 Å². The first-order valence-electron chi connectivity index (χ1n) is 5.55. The van der Waals surface area contributed by atoms with E-state index in [2.05, 4.69) is 17.4 Å². The molecule has 0 aliphatic carbocycles. The summed E-state index contributed by atoms with van der Waals surface area (Å²) >= 11 is 0. The molecule has 1 aromatic rings. The molecule has 16 heavy (non-hydrogen) atoms. The topological polar surface area (TPSA) is 38.3 Å². The van der Waals surface area contributed by atoms with Gasteiger partial charge >= 0.3 is 0 Å². The average Bonchev–Trinajstić information content (AvgIpc) is 2.55. The third-order valence-corrected chi connectivity index (χ3v) is 3.04. The van der Waals surface area contributed by atoms with Crippen molar-refractivity contribution in [1.82, 2.24) is 5.32 Å². The van der Waals surface area contributed by atoms with E-state index in [1.165, 1.54) is 5.56 Å². The molecule has 0 bridgehead atoms. The maximum atomic E-state index is 10.7. The highest BCUT2D eigenvalue weighted by Gasteiger charge is 2.40. The lowest BCUT2D eigenvalue weighted by Gasteiger charge is -2.24. The molecule has 0 radical (unpaired) electrons. The van der Waals surface area contributed by atoms with Crippen molar-refractivity contribution in [1.29, 1.82) is 0 Å². The molecular formula is C13H17NO2. The lowest BCUT2D eigenvalue weighted by Crippen LogP contribution is -2.40. The number of nitrogens with one attached hydrogen (secondary N) is 1. The molecule has 1 fully saturated rings. The van der Waals surface area contributed by atoms with Gasteiger partial charge in [-0.15, -0.1) is 0 Å². The van der Waals surface area contributed by atoms with Gasteiger partial charge < -0.3 is 4.74 Å². The minimum Gasteiger partial charge on any atom is -0.349 e. The van der Waals surface area contributed by atoms with Gasteiger partial charge in [0.25, 0.3) is 0 Å². The molecule has 2 atom stereocenters. The summed E-state index contributed by atoms with van der Waals surface area (Å²) in [5.41, 5.74) is 0.949. The Balaban J connectivity index is 2.08. The molecule has 0 spiro atoms. The van der Waals surface area contributed by atoms with E-state index in [-0.39, 0.29) is 11.6 Å². The minimum atomic E-state index is -0.469. The Morgan fingerprint density at radius 1 is 1.38 bits per heavy atom. The van der Waals surface area contributed by atoms with Crippen molar-refractivity contribution in [2.45, 2.75) is 38.1 Å². The van der Waals surface area contributed by atoms with E-state index in [1.807, 2.05) is 32.0 Å². The highest BCUT2D eigenvalue weighted by Crippen LogP contribution is 2.25. The Labute approximate surface area is 95.8 Å². The largest absolute Gasteiger partial charge is 0.349 e. The highest BCUT2D eigenvalue weighted by molar-refractivity contribution is 5.56. The molecule has 0 aromatic heterocycles. The molecule has 2 rings (SSSR count). The molecule has 1 heterocycles. The number of carbonyl (C=O) groups is 1. The maximum absolute atomic E-state index is 10.7. The number of ether oxygens (including phenoxy) is 1. The highest BCUT2D eigenvalue weighted by atomic mass is 16.5. The van der Waals surface area contributed by atoms with Crippen LogP contribution in [-0.2, 0) is 16.0 Å². The average molecular weight is 219 g/mol. The number of benzene rings is 1. The molecule has 1 aliphatic heterocycles. The van der Waals surface area contributed by atoms with Gasteiger partial charge in [0.1, 0.15) is 0 Å². The van der Waals surface area contributed by atoms with E-state index in [9.17, 15) is 4.79 Å². The van der Waals surface area contributed by atoms with E-state index < -0.39 is 6.23 Å². The summed E-state index contributed by atoms with van der Waals surface area (Å²) in [6.45, 7) is 4.02. The first-order chi connectivity index (χ1) is 7.62. The van der Waals surface area contributed by atoms with Crippen LogP contribution in [0, 0.1) is 0 Å². The van der Waals surface area contributed by atoms with Gasteiger partial charge in [-0.1, -0.05) is 30.3 Å². The van der Waals surface area contributed by atoms with Crippen molar-refractivity contribution >= 4 is 6.29 Å². The van der Waals surface area contributed by atoms with Crippen LogP contribution in [0.4, 0.5) is 0 Å².